The van der Waals surface area contributed by atoms with Gasteiger partial charge in [-0.25, -0.2) is 9.78 Å². The van der Waals surface area contributed by atoms with Crippen molar-refractivity contribution in [2.45, 2.75) is 27.7 Å². The van der Waals surface area contributed by atoms with Crippen LogP contribution in [-0.4, -0.2) is 28.5 Å². The van der Waals surface area contributed by atoms with Gasteiger partial charge in [0.05, 0.1) is 22.7 Å². The molecule has 0 aliphatic rings. The predicted molar refractivity (Wildman–Crippen MR) is 104 cm³/mol. The first kappa shape index (κ1) is 18.3. The van der Waals surface area contributed by atoms with Gasteiger partial charge in [0.1, 0.15) is 5.69 Å². The molecule has 8 heteroatoms. The summed E-state index contributed by atoms with van der Waals surface area (Å²) in [5.74, 6) is -0.758. The molecule has 1 amide bonds. The van der Waals surface area contributed by atoms with E-state index in [1.54, 1.807) is 32.1 Å². The van der Waals surface area contributed by atoms with Crippen molar-refractivity contribution in [3.8, 4) is 10.6 Å². The number of esters is 1. The quantitative estimate of drug-likeness (QED) is 0.627. The van der Waals surface area contributed by atoms with Crippen LogP contribution in [0, 0.1) is 20.8 Å². The van der Waals surface area contributed by atoms with Gasteiger partial charge in [-0.05, 0) is 45.4 Å². The normalized spacial score (nSPS) is 10.8. The fraction of sp³-hybridized carbons (Fsp3) is 0.278. The number of aromatic amines is 1. The van der Waals surface area contributed by atoms with E-state index >= 15 is 0 Å². The summed E-state index contributed by atoms with van der Waals surface area (Å²) in [6.45, 7) is 7.55. The van der Waals surface area contributed by atoms with Crippen molar-refractivity contribution in [1.29, 1.82) is 0 Å². The number of aromatic nitrogens is 2. The fourth-order valence-electron chi connectivity index (χ4n) is 2.66. The molecule has 0 bridgehead atoms. The molecular weight excluding hydrogens is 370 g/mol. The molecule has 136 valence electrons. The van der Waals surface area contributed by atoms with Gasteiger partial charge in [0, 0.05) is 16.0 Å². The molecule has 3 heterocycles. The monoisotopic (exact) mass is 389 g/mol. The highest BCUT2D eigenvalue weighted by molar-refractivity contribution is 7.17. The largest absolute Gasteiger partial charge is 0.462 e. The van der Waals surface area contributed by atoms with Crippen LogP contribution >= 0.6 is 22.7 Å². The molecule has 26 heavy (non-hydrogen) atoms. The molecule has 0 unspecified atom stereocenters. The Hall–Kier alpha value is -2.45. The van der Waals surface area contributed by atoms with Crippen LogP contribution in [0.25, 0.3) is 10.6 Å². The molecule has 3 aromatic rings. The number of rotatable bonds is 5. The summed E-state index contributed by atoms with van der Waals surface area (Å²) in [7, 11) is 0. The molecule has 3 rings (SSSR count). The standard InChI is InChI=1S/C18H19N3O3S2/c1-5-24-17(23)14-10(3)15(19-11(14)4)16(22)21-18-20-12(8-25-18)13-7-6-9(2)26-13/h6-8,19H,5H2,1-4H3,(H,20,21,22). The second-order valence-corrected chi connectivity index (χ2v) is 7.89. The predicted octanol–water partition coefficient (Wildman–Crippen LogP) is 4.55. The molecule has 0 spiro atoms. The van der Waals surface area contributed by atoms with Crippen molar-refractivity contribution in [3.63, 3.8) is 0 Å². The molecule has 0 aromatic carbocycles. The lowest BCUT2D eigenvalue weighted by Crippen LogP contribution is -2.14. The molecule has 0 fully saturated rings. The lowest BCUT2D eigenvalue weighted by molar-refractivity contribution is 0.0525. The minimum atomic E-state index is -0.428. The third-order valence-corrected chi connectivity index (χ3v) is 5.64. The van der Waals surface area contributed by atoms with Crippen LogP contribution < -0.4 is 5.32 Å². The number of thiazole rings is 1. The van der Waals surface area contributed by atoms with E-state index in [-0.39, 0.29) is 12.5 Å². The van der Waals surface area contributed by atoms with E-state index in [1.165, 1.54) is 16.2 Å². The van der Waals surface area contributed by atoms with Crippen molar-refractivity contribution < 1.29 is 14.3 Å². The molecule has 0 aliphatic carbocycles. The van der Waals surface area contributed by atoms with E-state index in [0.29, 0.717) is 27.6 Å². The minimum absolute atomic E-state index is 0.286. The molecule has 0 atom stereocenters. The Balaban J connectivity index is 1.80. The molecule has 0 aliphatic heterocycles. The Morgan fingerprint density at radius 2 is 2.04 bits per heavy atom. The summed E-state index contributed by atoms with van der Waals surface area (Å²) in [4.78, 5) is 34.4. The third kappa shape index (κ3) is 3.56. The number of hydrogen-bond donors (Lipinski definition) is 2. The zero-order valence-corrected chi connectivity index (χ0v) is 16.6. The van der Waals surface area contributed by atoms with Crippen molar-refractivity contribution in [3.05, 3.63) is 44.9 Å². The van der Waals surface area contributed by atoms with E-state index in [4.69, 9.17) is 4.74 Å². The first-order chi connectivity index (χ1) is 12.4. The van der Waals surface area contributed by atoms with Crippen LogP contribution in [0.4, 0.5) is 5.13 Å². The van der Waals surface area contributed by atoms with Crippen LogP contribution in [-0.2, 0) is 4.74 Å². The number of aryl methyl sites for hydroxylation is 2. The number of thiophene rings is 1. The zero-order chi connectivity index (χ0) is 18.8. The van der Waals surface area contributed by atoms with Gasteiger partial charge in [0.25, 0.3) is 5.91 Å². The van der Waals surface area contributed by atoms with Crippen LogP contribution in [0.5, 0.6) is 0 Å². The third-order valence-electron chi connectivity index (χ3n) is 3.86. The lowest BCUT2D eigenvalue weighted by Gasteiger charge is -2.03. The van der Waals surface area contributed by atoms with Gasteiger partial charge < -0.3 is 9.72 Å². The molecule has 0 saturated heterocycles. The number of carbonyl (C=O) groups excluding carboxylic acids is 2. The van der Waals surface area contributed by atoms with Gasteiger partial charge in [0.2, 0.25) is 0 Å². The van der Waals surface area contributed by atoms with E-state index < -0.39 is 5.97 Å². The summed E-state index contributed by atoms with van der Waals surface area (Å²) in [6, 6.07) is 4.06. The Labute approximate surface area is 159 Å². The highest BCUT2D eigenvalue weighted by Gasteiger charge is 2.23. The zero-order valence-electron chi connectivity index (χ0n) is 14.9. The van der Waals surface area contributed by atoms with Gasteiger partial charge in [-0.15, -0.1) is 22.7 Å². The maximum Gasteiger partial charge on any atom is 0.340 e. The van der Waals surface area contributed by atoms with Crippen molar-refractivity contribution in [2.24, 2.45) is 0 Å². The highest BCUT2D eigenvalue weighted by Crippen LogP contribution is 2.30. The number of nitrogens with zero attached hydrogens (tertiary/aromatic N) is 1. The smallest absolute Gasteiger partial charge is 0.340 e. The minimum Gasteiger partial charge on any atom is -0.462 e. The van der Waals surface area contributed by atoms with E-state index in [9.17, 15) is 9.59 Å². The number of ether oxygens (including phenoxy) is 1. The van der Waals surface area contributed by atoms with Crippen LogP contribution in [0.1, 0.15) is 43.9 Å². The molecule has 6 nitrogen and oxygen atoms in total. The molecule has 0 radical (unpaired) electrons. The Kier molecular flexibility index (Phi) is 5.24. The average Bonchev–Trinajstić information content (AvgIpc) is 3.27. The van der Waals surface area contributed by atoms with E-state index in [0.717, 1.165) is 10.6 Å². The summed E-state index contributed by atoms with van der Waals surface area (Å²) in [5.41, 5.74) is 2.78. The van der Waals surface area contributed by atoms with Gasteiger partial charge in [-0.1, -0.05) is 0 Å². The topological polar surface area (TPSA) is 84.1 Å². The average molecular weight is 390 g/mol. The van der Waals surface area contributed by atoms with E-state index in [2.05, 4.69) is 15.3 Å². The molecule has 0 saturated carbocycles. The van der Waals surface area contributed by atoms with Crippen molar-refractivity contribution >= 4 is 39.7 Å². The highest BCUT2D eigenvalue weighted by atomic mass is 32.1. The number of anilines is 1. The van der Waals surface area contributed by atoms with Gasteiger partial charge in [-0.2, -0.15) is 0 Å². The number of H-pyrrole nitrogens is 1. The van der Waals surface area contributed by atoms with Gasteiger partial charge in [0.15, 0.2) is 5.13 Å². The number of hydrogen-bond acceptors (Lipinski definition) is 6. The van der Waals surface area contributed by atoms with Gasteiger partial charge in [-0.3, -0.25) is 10.1 Å². The Morgan fingerprint density at radius 3 is 2.69 bits per heavy atom. The number of carbonyl (C=O) groups is 2. The summed E-state index contributed by atoms with van der Waals surface area (Å²) < 4.78 is 5.06. The van der Waals surface area contributed by atoms with Crippen molar-refractivity contribution in [2.75, 3.05) is 11.9 Å². The maximum absolute atomic E-state index is 12.6. The Morgan fingerprint density at radius 1 is 1.27 bits per heavy atom. The second kappa shape index (κ2) is 7.43. The van der Waals surface area contributed by atoms with Crippen LogP contribution in [0.2, 0.25) is 0 Å². The van der Waals surface area contributed by atoms with E-state index in [1.807, 2.05) is 24.4 Å². The molecule has 3 aromatic heterocycles. The van der Waals surface area contributed by atoms with Crippen LogP contribution in [0.15, 0.2) is 17.5 Å². The maximum atomic E-state index is 12.6. The first-order valence-electron chi connectivity index (χ1n) is 8.10. The van der Waals surface area contributed by atoms with Gasteiger partial charge >= 0.3 is 5.97 Å². The lowest BCUT2D eigenvalue weighted by atomic mass is 10.1. The van der Waals surface area contributed by atoms with Crippen molar-refractivity contribution in [1.82, 2.24) is 9.97 Å². The summed E-state index contributed by atoms with van der Waals surface area (Å²) >= 11 is 3.02. The number of nitrogens with one attached hydrogen (secondary N) is 2. The SMILES string of the molecule is CCOC(=O)c1c(C)[nH]c(C(=O)Nc2nc(-c3ccc(C)s3)cs2)c1C. The molecular formula is C18H19N3O3S2. The van der Waals surface area contributed by atoms with Crippen LogP contribution in [0.3, 0.4) is 0 Å². The second-order valence-electron chi connectivity index (χ2n) is 5.75. The summed E-state index contributed by atoms with van der Waals surface area (Å²) in [6.07, 6.45) is 0. The first-order valence-corrected chi connectivity index (χ1v) is 9.80. The Bertz CT molecular complexity index is 968. The molecule has 2 N–H and O–H groups in total. The fourth-order valence-corrected chi connectivity index (χ4v) is 4.27. The summed E-state index contributed by atoms with van der Waals surface area (Å²) in [5, 5.41) is 5.23. The number of amides is 1.